The molecule has 0 atom stereocenters. The molecule has 0 bridgehead atoms. The first kappa shape index (κ1) is 81.0. The van der Waals surface area contributed by atoms with E-state index in [0.29, 0.717) is 0 Å². The fourth-order valence-corrected chi connectivity index (χ4v) is 17.8. The summed E-state index contributed by atoms with van der Waals surface area (Å²) >= 11 is 0. The van der Waals surface area contributed by atoms with E-state index in [1.807, 2.05) is 0 Å². The summed E-state index contributed by atoms with van der Waals surface area (Å²) in [6, 6.07) is 114. The third-order valence-corrected chi connectivity index (χ3v) is 24.2. The summed E-state index contributed by atoms with van der Waals surface area (Å²) in [6.07, 6.45) is 11.2. The van der Waals surface area contributed by atoms with E-state index in [1.54, 1.807) is 0 Å². The lowest BCUT2D eigenvalue weighted by Crippen LogP contribution is -2.24. The normalized spacial score (nSPS) is 12.5. The minimum absolute atomic E-state index is 0.405. The van der Waals surface area contributed by atoms with Crippen LogP contribution in [-0.2, 0) is 23.7 Å². The van der Waals surface area contributed by atoms with Crippen molar-refractivity contribution in [3.05, 3.63) is 392 Å². The fraction of sp³-hybridized carbons (Fsp3) is 0.250. The molecule has 2 aliphatic rings. The van der Waals surface area contributed by atoms with Gasteiger partial charge in [-0.25, -0.2) is 0 Å². The first-order chi connectivity index (χ1) is 57.3. The third-order valence-electron chi connectivity index (χ3n) is 24.2. The second kappa shape index (κ2) is 35.8. The molecule has 16 rings (SSSR count). The van der Waals surface area contributed by atoms with E-state index < -0.39 is 10.8 Å². The predicted octanol–water partition coefficient (Wildman–Crippen LogP) is 31.4. The Balaban J connectivity index is 0.000000185. The van der Waals surface area contributed by atoms with E-state index in [1.165, 1.54) is 171 Å². The second-order valence-corrected chi connectivity index (χ2v) is 33.5. The minimum Gasteiger partial charge on any atom is -0.494 e. The van der Waals surface area contributed by atoms with Crippen LogP contribution in [0.3, 0.4) is 0 Å². The van der Waals surface area contributed by atoms with Crippen LogP contribution in [0.15, 0.2) is 303 Å². The predicted molar refractivity (Wildman–Crippen MR) is 502 cm³/mol. The highest BCUT2D eigenvalue weighted by molar-refractivity contribution is 5.93. The Morgan fingerprint density at radius 2 is 0.466 bits per heavy atom. The Kier molecular flexibility index (Phi) is 24.6. The SMILES string of the molecule is CCCCOc1ccc(N(c2ccc(C)cc2)c2ccc3c(c2)C(C)(c2cc(C)cc(C)c2)c2cc(N(c4ccc(C)cc4)c4ccc(OCCCC)cc4)ccc2-3)cc1.CCCCc1cccc(N(c2ccc(C)cc2)c2ccc3c(c2)C(C)(c2cc(C)cc(C)c2)c2cc(N(c4ccc(C)cc4)c4cccc(CCCC)c4)ccc2-3)c1. The van der Waals surface area contributed by atoms with Crippen molar-refractivity contribution < 1.29 is 9.47 Å². The number of benzene rings is 14. The molecule has 0 radical (unpaired) electrons. The molecule has 0 saturated carbocycles. The summed E-state index contributed by atoms with van der Waals surface area (Å²) in [5.41, 5.74) is 38.7. The summed E-state index contributed by atoms with van der Waals surface area (Å²) in [5, 5.41) is 0. The first-order valence-electron chi connectivity index (χ1n) is 43.2. The van der Waals surface area contributed by atoms with Gasteiger partial charge in [-0.05, 0) is 344 Å². The molecule has 6 heteroatoms. The topological polar surface area (TPSA) is 31.4 Å². The van der Waals surface area contributed by atoms with Gasteiger partial charge in [0, 0.05) is 79.1 Å². The smallest absolute Gasteiger partial charge is 0.119 e. The molecule has 14 aromatic rings. The maximum Gasteiger partial charge on any atom is 0.119 e. The van der Waals surface area contributed by atoms with Crippen molar-refractivity contribution in [3.8, 4) is 33.8 Å². The second-order valence-electron chi connectivity index (χ2n) is 33.5. The van der Waals surface area contributed by atoms with Crippen molar-refractivity contribution in [1.29, 1.82) is 0 Å². The number of anilines is 12. The van der Waals surface area contributed by atoms with Gasteiger partial charge in [-0.1, -0.05) is 231 Å². The van der Waals surface area contributed by atoms with E-state index >= 15 is 0 Å². The van der Waals surface area contributed by atoms with Gasteiger partial charge in [0.1, 0.15) is 11.5 Å². The molecule has 14 aromatic carbocycles. The van der Waals surface area contributed by atoms with Gasteiger partial charge in [0.15, 0.2) is 0 Å². The Hall–Kier alpha value is -12.1. The highest BCUT2D eigenvalue weighted by atomic mass is 16.5. The molecule has 2 aliphatic carbocycles. The van der Waals surface area contributed by atoms with Crippen LogP contribution in [-0.4, -0.2) is 13.2 Å². The zero-order chi connectivity index (χ0) is 82.2. The molecule has 0 amide bonds. The van der Waals surface area contributed by atoms with Gasteiger partial charge in [0.05, 0.1) is 13.2 Å². The average molecular weight is 1550 g/mol. The van der Waals surface area contributed by atoms with Gasteiger partial charge in [-0.2, -0.15) is 0 Å². The maximum atomic E-state index is 6.08. The van der Waals surface area contributed by atoms with E-state index in [4.69, 9.17) is 9.47 Å². The van der Waals surface area contributed by atoms with Crippen molar-refractivity contribution in [2.75, 3.05) is 32.8 Å². The van der Waals surface area contributed by atoms with E-state index in [0.717, 1.165) is 97.4 Å². The molecule has 0 aliphatic heterocycles. The minimum atomic E-state index is -0.445. The molecule has 596 valence electrons. The van der Waals surface area contributed by atoms with Gasteiger partial charge in [-0.15, -0.1) is 0 Å². The zero-order valence-electron chi connectivity index (χ0n) is 72.0. The number of unbranched alkanes of at least 4 members (excludes halogenated alkanes) is 4. The summed E-state index contributed by atoms with van der Waals surface area (Å²) in [6.45, 7) is 32.8. The molecule has 118 heavy (non-hydrogen) atoms. The maximum absolute atomic E-state index is 6.08. The fourth-order valence-electron chi connectivity index (χ4n) is 17.8. The number of ether oxygens (including phenoxy) is 2. The van der Waals surface area contributed by atoms with Gasteiger partial charge in [0.2, 0.25) is 0 Å². The summed E-state index contributed by atoms with van der Waals surface area (Å²) in [5.74, 6) is 1.80. The highest BCUT2D eigenvalue weighted by Gasteiger charge is 2.44. The van der Waals surface area contributed by atoms with Crippen LogP contribution in [0.2, 0.25) is 0 Å². The molecule has 0 saturated heterocycles. The van der Waals surface area contributed by atoms with Crippen LogP contribution >= 0.6 is 0 Å². The molecule has 0 fully saturated rings. The van der Waals surface area contributed by atoms with Crippen LogP contribution in [0.25, 0.3) is 22.3 Å². The van der Waals surface area contributed by atoms with Crippen molar-refractivity contribution in [3.63, 3.8) is 0 Å². The van der Waals surface area contributed by atoms with Gasteiger partial charge >= 0.3 is 0 Å². The van der Waals surface area contributed by atoms with Gasteiger partial charge in [0.25, 0.3) is 0 Å². The third kappa shape index (κ3) is 17.1. The molecule has 0 heterocycles. The largest absolute Gasteiger partial charge is 0.494 e. The van der Waals surface area contributed by atoms with Gasteiger partial charge < -0.3 is 29.1 Å². The number of aryl methyl sites for hydroxylation is 10. The number of fused-ring (bicyclic) bond motifs is 6. The average Bonchev–Trinajstić information content (AvgIpc) is 1.55. The zero-order valence-corrected chi connectivity index (χ0v) is 72.0. The lowest BCUT2D eigenvalue weighted by Gasteiger charge is -2.32. The molecule has 0 unspecified atom stereocenters. The van der Waals surface area contributed by atoms with Gasteiger partial charge in [-0.3, -0.25) is 0 Å². The Bertz CT molecular complexity index is 5480. The quantitative estimate of drug-likeness (QED) is 0.0454. The molecule has 0 aromatic heterocycles. The highest BCUT2D eigenvalue weighted by Crippen LogP contribution is 2.58. The molecular formula is C112H116N4O2. The first-order valence-corrected chi connectivity index (χ1v) is 43.2. The van der Waals surface area contributed by atoms with E-state index in [-0.39, 0.29) is 0 Å². The number of rotatable bonds is 28. The molecular weight excluding hydrogens is 1430 g/mol. The number of hydrogen-bond acceptors (Lipinski definition) is 6. The van der Waals surface area contributed by atoms with Crippen molar-refractivity contribution in [1.82, 2.24) is 0 Å². The van der Waals surface area contributed by atoms with Crippen molar-refractivity contribution >= 4 is 68.2 Å². The molecule has 0 N–H and O–H groups in total. The Morgan fingerprint density at radius 3 is 0.729 bits per heavy atom. The van der Waals surface area contributed by atoms with Crippen LogP contribution in [0.1, 0.15) is 182 Å². The van der Waals surface area contributed by atoms with Crippen molar-refractivity contribution in [2.45, 2.75) is 172 Å². The molecule has 0 spiro atoms. The summed E-state index contributed by atoms with van der Waals surface area (Å²) in [4.78, 5) is 9.66. The van der Waals surface area contributed by atoms with E-state index in [9.17, 15) is 0 Å². The summed E-state index contributed by atoms with van der Waals surface area (Å²) < 4.78 is 12.2. The van der Waals surface area contributed by atoms with E-state index in [2.05, 4.69) is 420 Å². The molecule has 6 nitrogen and oxygen atoms in total. The van der Waals surface area contributed by atoms with Crippen LogP contribution in [0.5, 0.6) is 11.5 Å². The van der Waals surface area contributed by atoms with Crippen molar-refractivity contribution in [2.24, 2.45) is 0 Å². The Morgan fingerprint density at radius 1 is 0.229 bits per heavy atom. The lowest BCUT2D eigenvalue weighted by atomic mass is 9.73. The lowest BCUT2D eigenvalue weighted by molar-refractivity contribution is 0.309. The number of nitrogens with zero attached hydrogens (tertiary/aromatic N) is 4. The van der Waals surface area contributed by atoms with Crippen LogP contribution < -0.4 is 29.1 Å². The number of hydrogen-bond donors (Lipinski definition) is 0. The Labute approximate surface area is 704 Å². The standard InChI is InChI=1S/C56H58N2O2.C56H58N2/c1-8-10-32-59-50-26-20-46(21-27-50)57(44-16-12-39(3)13-17-44)48-24-30-52-53-31-25-49(38-55(53)56(7,54(52)37-48)43-35-41(5)34-42(6)36-43)58(45-18-14-40(4)15-19-45)47-22-28-51(29-23-47)60-33-11-9-2;1-8-10-14-43-16-12-18-48(35-43)57(46-24-20-39(3)21-25-46)50-28-30-52-53-31-29-51(38-55(53)56(7,54(52)37-50)45-33-41(5)32-42(6)34-45)58(47-26-22-40(4)23-27-47)49-19-13-17-44(36-49)15-11-9-2/h12-31,34-38H,8-11,32-33H2,1-7H3;12-13,16-38H,8-11,14-15H2,1-7H3. The van der Waals surface area contributed by atoms with Crippen LogP contribution in [0, 0.1) is 55.4 Å². The monoisotopic (exact) mass is 1550 g/mol. The van der Waals surface area contributed by atoms with Crippen LogP contribution in [0.4, 0.5) is 68.2 Å². The summed E-state index contributed by atoms with van der Waals surface area (Å²) in [7, 11) is 0.